The lowest BCUT2D eigenvalue weighted by molar-refractivity contribution is 0.00157. The van der Waals surface area contributed by atoms with Crippen LogP contribution in [-0.4, -0.2) is 53.8 Å². The summed E-state index contributed by atoms with van der Waals surface area (Å²) >= 11 is 0. The van der Waals surface area contributed by atoms with Crippen molar-refractivity contribution in [1.82, 2.24) is 9.88 Å². The molecule has 4 rings (SSSR count). The number of pyridine rings is 1. The summed E-state index contributed by atoms with van der Waals surface area (Å²) in [5, 5.41) is 0. The zero-order valence-electron chi connectivity index (χ0n) is 12.7. The summed E-state index contributed by atoms with van der Waals surface area (Å²) in [4.78, 5) is 18.4. The summed E-state index contributed by atoms with van der Waals surface area (Å²) in [6.07, 6.45) is 7.98. The summed E-state index contributed by atoms with van der Waals surface area (Å²) in [6, 6.07) is 3.54. The highest BCUT2D eigenvalue weighted by Crippen LogP contribution is 2.38. The molecule has 2 aliphatic heterocycles. The molecule has 1 amide bonds. The molecule has 0 aromatic carbocycles. The van der Waals surface area contributed by atoms with Crippen LogP contribution >= 0.6 is 0 Å². The highest BCUT2D eigenvalue weighted by molar-refractivity contribution is 5.94. The maximum absolute atomic E-state index is 12.5. The zero-order chi connectivity index (χ0) is 15.0. The van der Waals surface area contributed by atoms with Crippen molar-refractivity contribution in [1.29, 1.82) is 0 Å². The topological polar surface area (TPSA) is 51.7 Å². The van der Waals surface area contributed by atoms with Crippen LogP contribution in [0.2, 0.25) is 0 Å². The van der Waals surface area contributed by atoms with Crippen LogP contribution < -0.4 is 0 Å². The van der Waals surface area contributed by atoms with Gasteiger partial charge in [0.25, 0.3) is 5.91 Å². The Hall–Kier alpha value is -1.46. The number of nitrogens with zero attached hydrogens (tertiary/aromatic N) is 2. The number of carbonyl (C=O) groups is 1. The first-order chi connectivity index (χ1) is 10.7. The van der Waals surface area contributed by atoms with E-state index in [0.717, 1.165) is 31.9 Å². The minimum absolute atomic E-state index is 0.0743. The van der Waals surface area contributed by atoms with Crippen LogP contribution in [0.4, 0.5) is 0 Å². The normalized spacial score (nSPS) is 31.1. The first-order valence-electron chi connectivity index (χ1n) is 8.19. The van der Waals surface area contributed by atoms with Gasteiger partial charge in [-0.15, -0.1) is 0 Å². The molecule has 3 aliphatic rings. The average molecular weight is 302 g/mol. The Labute approximate surface area is 130 Å². The van der Waals surface area contributed by atoms with Gasteiger partial charge in [-0.25, -0.2) is 0 Å². The second-order valence-electron chi connectivity index (χ2n) is 6.81. The fraction of sp³-hybridized carbons (Fsp3) is 0.647. The molecule has 5 heteroatoms. The Bertz CT molecular complexity index is 546. The molecular formula is C17H22N2O3. The van der Waals surface area contributed by atoms with Crippen molar-refractivity contribution in [2.75, 3.05) is 26.3 Å². The van der Waals surface area contributed by atoms with E-state index in [4.69, 9.17) is 9.47 Å². The van der Waals surface area contributed by atoms with E-state index in [1.165, 1.54) is 12.8 Å². The number of carbonyl (C=O) groups excluding carboxylic acids is 1. The second kappa shape index (κ2) is 5.63. The predicted octanol–water partition coefficient (Wildman–Crippen LogP) is 1.88. The minimum atomic E-state index is -0.184. The largest absolute Gasteiger partial charge is 0.375 e. The monoisotopic (exact) mass is 302 g/mol. The predicted molar refractivity (Wildman–Crippen MR) is 80.5 cm³/mol. The molecule has 2 atom stereocenters. The number of likely N-dealkylation sites (tertiary alicyclic amines) is 1. The summed E-state index contributed by atoms with van der Waals surface area (Å²) in [5.74, 6) is 0.857. The summed E-state index contributed by atoms with van der Waals surface area (Å²) < 4.78 is 12.0. The SMILES string of the molecule is O=C(c1ccncc1)N1CCC2(CC(OCC3CC3)CO2)C1. The van der Waals surface area contributed by atoms with Gasteiger partial charge in [0.05, 0.1) is 24.9 Å². The van der Waals surface area contributed by atoms with Crippen LogP contribution in [-0.2, 0) is 9.47 Å². The summed E-state index contributed by atoms with van der Waals surface area (Å²) in [6.45, 7) is 2.99. The van der Waals surface area contributed by atoms with E-state index >= 15 is 0 Å². The van der Waals surface area contributed by atoms with Gasteiger partial charge < -0.3 is 14.4 Å². The Balaban J connectivity index is 1.34. The van der Waals surface area contributed by atoms with Crippen molar-refractivity contribution in [3.8, 4) is 0 Å². The minimum Gasteiger partial charge on any atom is -0.375 e. The molecule has 0 radical (unpaired) electrons. The van der Waals surface area contributed by atoms with Gasteiger partial charge in [0, 0.05) is 37.5 Å². The Morgan fingerprint density at radius 1 is 1.41 bits per heavy atom. The molecule has 22 heavy (non-hydrogen) atoms. The Morgan fingerprint density at radius 3 is 3.00 bits per heavy atom. The molecule has 2 unspecified atom stereocenters. The lowest BCUT2D eigenvalue weighted by Crippen LogP contribution is -2.36. The van der Waals surface area contributed by atoms with Crippen molar-refractivity contribution < 1.29 is 14.3 Å². The Kier molecular flexibility index (Phi) is 3.62. The lowest BCUT2D eigenvalue weighted by Gasteiger charge is -2.23. The van der Waals surface area contributed by atoms with Crippen LogP contribution in [0.5, 0.6) is 0 Å². The van der Waals surface area contributed by atoms with E-state index in [9.17, 15) is 4.79 Å². The molecule has 3 fully saturated rings. The van der Waals surface area contributed by atoms with Gasteiger partial charge in [-0.3, -0.25) is 9.78 Å². The number of ether oxygens (including phenoxy) is 2. The first-order valence-corrected chi connectivity index (χ1v) is 8.19. The van der Waals surface area contributed by atoms with Gasteiger partial charge in [-0.2, -0.15) is 0 Å². The van der Waals surface area contributed by atoms with E-state index in [1.807, 2.05) is 4.90 Å². The van der Waals surface area contributed by atoms with E-state index in [0.29, 0.717) is 18.7 Å². The Morgan fingerprint density at radius 2 is 2.23 bits per heavy atom. The van der Waals surface area contributed by atoms with Crippen LogP contribution in [0, 0.1) is 5.92 Å². The van der Waals surface area contributed by atoms with Gasteiger partial charge >= 0.3 is 0 Å². The number of aromatic nitrogens is 1. The van der Waals surface area contributed by atoms with Gasteiger partial charge in [-0.05, 0) is 37.3 Å². The molecular weight excluding hydrogens is 280 g/mol. The van der Waals surface area contributed by atoms with Crippen molar-refractivity contribution in [3.63, 3.8) is 0 Å². The standard InChI is InChI=1S/C17H22N2O3/c20-16(14-3-6-18-7-4-14)19-8-5-17(12-19)9-15(11-22-17)21-10-13-1-2-13/h3-4,6-7,13,15H,1-2,5,8-12H2. The van der Waals surface area contributed by atoms with E-state index < -0.39 is 0 Å². The van der Waals surface area contributed by atoms with E-state index in [1.54, 1.807) is 24.5 Å². The first kappa shape index (κ1) is 14.2. The number of amides is 1. The highest BCUT2D eigenvalue weighted by Gasteiger charge is 2.47. The molecule has 0 N–H and O–H groups in total. The summed E-state index contributed by atoms with van der Waals surface area (Å²) in [5.41, 5.74) is 0.517. The van der Waals surface area contributed by atoms with Gasteiger partial charge in [0.15, 0.2) is 0 Å². The van der Waals surface area contributed by atoms with Crippen LogP contribution in [0.1, 0.15) is 36.0 Å². The van der Waals surface area contributed by atoms with Gasteiger partial charge in [0.1, 0.15) is 0 Å². The average Bonchev–Trinajstić information content (AvgIpc) is 3.18. The molecule has 3 heterocycles. The van der Waals surface area contributed by atoms with Crippen LogP contribution in [0.15, 0.2) is 24.5 Å². The van der Waals surface area contributed by atoms with Gasteiger partial charge in [0.2, 0.25) is 0 Å². The summed E-state index contributed by atoms with van der Waals surface area (Å²) in [7, 11) is 0. The third kappa shape index (κ3) is 2.88. The van der Waals surface area contributed by atoms with Gasteiger partial charge in [-0.1, -0.05) is 0 Å². The van der Waals surface area contributed by atoms with Crippen molar-refractivity contribution in [2.45, 2.75) is 37.4 Å². The molecule has 1 aromatic rings. The lowest BCUT2D eigenvalue weighted by atomic mass is 9.98. The third-order valence-corrected chi connectivity index (χ3v) is 4.97. The number of hydrogen-bond acceptors (Lipinski definition) is 4. The van der Waals surface area contributed by atoms with Crippen molar-refractivity contribution in [3.05, 3.63) is 30.1 Å². The molecule has 5 nitrogen and oxygen atoms in total. The zero-order valence-corrected chi connectivity index (χ0v) is 12.7. The second-order valence-corrected chi connectivity index (χ2v) is 6.81. The molecule has 0 bridgehead atoms. The molecule has 1 saturated carbocycles. The highest BCUT2D eigenvalue weighted by atomic mass is 16.6. The quantitative estimate of drug-likeness (QED) is 0.852. The maximum Gasteiger partial charge on any atom is 0.254 e. The van der Waals surface area contributed by atoms with E-state index in [2.05, 4.69) is 4.98 Å². The van der Waals surface area contributed by atoms with Crippen molar-refractivity contribution in [2.24, 2.45) is 5.92 Å². The number of rotatable bonds is 4. The smallest absolute Gasteiger partial charge is 0.254 e. The fourth-order valence-corrected chi connectivity index (χ4v) is 3.45. The molecule has 118 valence electrons. The van der Waals surface area contributed by atoms with Crippen molar-refractivity contribution >= 4 is 5.91 Å². The molecule has 1 aromatic heterocycles. The third-order valence-electron chi connectivity index (χ3n) is 4.97. The molecule has 1 aliphatic carbocycles. The van der Waals surface area contributed by atoms with Crippen LogP contribution in [0.25, 0.3) is 0 Å². The molecule has 2 saturated heterocycles. The maximum atomic E-state index is 12.5. The molecule has 1 spiro atoms. The van der Waals surface area contributed by atoms with Crippen LogP contribution in [0.3, 0.4) is 0 Å². The fourth-order valence-electron chi connectivity index (χ4n) is 3.45. The van der Waals surface area contributed by atoms with E-state index in [-0.39, 0.29) is 17.6 Å². The number of hydrogen-bond donors (Lipinski definition) is 0.